The van der Waals surface area contributed by atoms with Gasteiger partial charge in [0.25, 0.3) is 5.91 Å². The first kappa shape index (κ1) is 14.0. The molecule has 100 valence electrons. The average Bonchev–Trinajstić information content (AvgIpc) is 2.43. The van der Waals surface area contributed by atoms with Crippen molar-refractivity contribution in [2.45, 2.75) is 19.9 Å². The molecule has 0 radical (unpaired) electrons. The number of alkyl halides is 1. The molecule has 0 aliphatic heterocycles. The third-order valence-corrected chi connectivity index (χ3v) is 3.86. The molecule has 2 aromatic rings. The van der Waals surface area contributed by atoms with Gasteiger partial charge in [-0.05, 0) is 18.1 Å². The van der Waals surface area contributed by atoms with Crippen LogP contribution in [0.2, 0.25) is 0 Å². The molecule has 0 spiro atoms. The Bertz CT molecular complexity index is 578. The Morgan fingerprint density at radius 1 is 1.32 bits per heavy atom. The molecule has 3 nitrogen and oxygen atoms in total. The van der Waals surface area contributed by atoms with Crippen LogP contribution in [-0.2, 0) is 0 Å². The summed E-state index contributed by atoms with van der Waals surface area (Å²) in [6.45, 7) is 4.18. The molecule has 0 aliphatic rings. The molecule has 19 heavy (non-hydrogen) atoms. The number of carbonyl (C=O) groups is 1. The maximum atomic E-state index is 12.4. The molecular weight excluding hydrogens is 304 g/mol. The van der Waals surface area contributed by atoms with E-state index in [1.165, 1.54) is 0 Å². The van der Waals surface area contributed by atoms with Gasteiger partial charge in [-0.1, -0.05) is 48.0 Å². The van der Waals surface area contributed by atoms with Crippen molar-refractivity contribution in [3.8, 4) is 0 Å². The first-order valence-electron chi connectivity index (χ1n) is 6.34. The largest absolute Gasteiger partial charge is 0.348 e. The lowest BCUT2D eigenvalue weighted by Crippen LogP contribution is -2.39. The minimum atomic E-state index is -0.0672. The maximum absolute atomic E-state index is 12.4. The van der Waals surface area contributed by atoms with Gasteiger partial charge in [0.05, 0.1) is 11.1 Å². The van der Waals surface area contributed by atoms with Crippen molar-refractivity contribution < 1.29 is 4.79 Å². The van der Waals surface area contributed by atoms with Gasteiger partial charge in [-0.2, -0.15) is 0 Å². The number of benzene rings is 1. The molecule has 0 aliphatic carbocycles. The van der Waals surface area contributed by atoms with E-state index < -0.39 is 0 Å². The highest BCUT2D eigenvalue weighted by atomic mass is 79.9. The molecule has 4 heteroatoms. The number of para-hydroxylation sites is 1. The van der Waals surface area contributed by atoms with Crippen LogP contribution in [0.1, 0.15) is 24.2 Å². The van der Waals surface area contributed by atoms with Crippen molar-refractivity contribution in [1.29, 1.82) is 0 Å². The first-order chi connectivity index (χ1) is 9.13. The fourth-order valence-electron chi connectivity index (χ4n) is 1.92. The number of nitrogens with one attached hydrogen (secondary N) is 1. The van der Waals surface area contributed by atoms with Gasteiger partial charge in [0.15, 0.2) is 0 Å². The van der Waals surface area contributed by atoms with Gasteiger partial charge in [-0.25, -0.2) is 0 Å². The van der Waals surface area contributed by atoms with Gasteiger partial charge in [-0.15, -0.1) is 0 Å². The second-order valence-electron chi connectivity index (χ2n) is 4.86. The van der Waals surface area contributed by atoms with Crippen LogP contribution in [0, 0.1) is 5.92 Å². The molecule has 0 saturated heterocycles. The van der Waals surface area contributed by atoms with Crippen LogP contribution in [0.15, 0.2) is 36.5 Å². The smallest absolute Gasteiger partial charge is 0.253 e. The molecule has 1 heterocycles. The summed E-state index contributed by atoms with van der Waals surface area (Å²) in [5.41, 5.74) is 1.38. The Balaban J connectivity index is 2.31. The minimum absolute atomic E-state index is 0.0672. The number of amides is 1. The van der Waals surface area contributed by atoms with E-state index in [-0.39, 0.29) is 11.9 Å². The summed E-state index contributed by atoms with van der Waals surface area (Å²) in [6.07, 6.45) is 1.71. The van der Waals surface area contributed by atoms with E-state index in [9.17, 15) is 4.79 Å². The standard InChI is InChI=1S/C15H17BrN2O/c1-10(2)13(9-16)18-15(19)12-7-3-5-11-6-4-8-17-14(11)12/h3-8,10,13H,9H2,1-2H3,(H,18,19). The fraction of sp³-hybridized carbons (Fsp3) is 0.333. The number of rotatable bonds is 4. The lowest BCUT2D eigenvalue weighted by Gasteiger charge is -2.20. The van der Waals surface area contributed by atoms with E-state index in [4.69, 9.17) is 0 Å². The number of hydrogen-bond acceptors (Lipinski definition) is 2. The lowest BCUT2D eigenvalue weighted by atomic mass is 10.0. The van der Waals surface area contributed by atoms with E-state index in [1.807, 2.05) is 30.3 Å². The lowest BCUT2D eigenvalue weighted by molar-refractivity contribution is 0.0933. The summed E-state index contributed by atoms with van der Waals surface area (Å²) in [5, 5.41) is 4.77. The van der Waals surface area contributed by atoms with Crippen molar-refractivity contribution in [1.82, 2.24) is 10.3 Å². The van der Waals surface area contributed by atoms with Crippen molar-refractivity contribution >= 4 is 32.7 Å². The molecule has 1 amide bonds. The number of pyridine rings is 1. The Kier molecular flexibility index (Phi) is 4.53. The molecule has 1 N–H and O–H groups in total. The third-order valence-electron chi connectivity index (χ3n) is 3.16. The van der Waals surface area contributed by atoms with E-state index in [1.54, 1.807) is 6.20 Å². The summed E-state index contributed by atoms with van der Waals surface area (Å²) in [7, 11) is 0. The SMILES string of the molecule is CC(C)C(CBr)NC(=O)c1cccc2cccnc12. The predicted octanol–water partition coefficient (Wildman–Crippen LogP) is 3.38. The molecule has 2 rings (SSSR count). The molecular formula is C15H17BrN2O. The second-order valence-corrected chi connectivity index (χ2v) is 5.51. The fourth-order valence-corrected chi connectivity index (χ4v) is 2.83. The summed E-state index contributed by atoms with van der Waals surface area (Å²) in [5.74, 6) is 0.314. The molecule has 0 bridgehead atoms. The van der Waals surface area contributed by atoms with Crippen LogP contribution in [0.3, 0.4) is 0 Å². The highest BCUT2D eigenvalue weighted by Crippen LogP contribution is 2.16. The van der Waals surface area contributed by atoms with Gasteiger partial charge < -0.3 is 5.32 Å². The monoisotopic (exact) mass is 320 g/mol. The summed E-state index contributed by atoms with van der Waals surface area (Å²) < 4.78 is 0. The van der Waals surface area contributed by atoms with E-state index in [0.29, 0.717) is 11.5 Å². The van der Waals surface area contributed by atoms with E-state index in [2.05, 4.69) is 40.1 Å². The van der Waals surface area contributed by atoms with Crippen LogP contribution in [0.4, 0.5) is 0 Å². The zero-order chi connectivity index (χ0) is 13.8. The summed E-state index contributed by atoms with van der Waals surface area (Å²) in [4.78, 5) is 16.7. The quantitative estimate of drug-likeness (QED) is 0.877. The van der Waals surface area contributed by atoms with Crippen molar-refractivity contribution in [3.63, 3.8) is 0 Å². The average molecular weight is 321 g/mol. The number of halogens is 1. The molecule has 1 aromatic carbocycles. The second kappa shape index (κ2) is 6.15. The molecule has 1 aromatic heterocycles. The van der Waals surface area contributed by atoms with Crippen molar-refractivity contribution in [2.24, 2.45) is 5.92 Å². The Morgan fingerprint density at radius 2 is 2.05 bits per heavy atom. The number of carbonyl (C=O) groups excluding carboxylic acids is 1. The first-order valence-corrected chi connectivity index (χ1v) is 7.46. The summed E-state index contributed by atoms with van der Waals surface area (Å²) in [6, 6.07) is 9.62. The zero-order valence-electron chi connectivity index (χ0n) is 11.1. The Labute approximate surface area is 121 Å². The van der Waals surface area contributed by atoms with Gasteiger partial charge in [0.1, 0.15) is 0 Å². The van der Waals surface area contributed by atoms with E-state index in [0.717, 1.165) is 16.2 Å². The number of fused-ring (bicyclic) bond motifs is 1. The molecule has 1 unspecified atom stereocenters. The van der Waals surface area contributed by atoms with Crippen LogP contribution < -0.4 is 5.32 Å². The maximum Gasteiger partial charge on any atom is 0.253 e. The summed E-state index contributed by atoms with van der Waals surface area (Å²) >= 11 is 3.44. The Morgan fingerprint density at radius 3 is 2.74 bits per heavy atom. The number of nitrogens with zero attached hydrogens (tertiary/aromatic N) is 1. The molecule has 0 saturated carbocycles. The molecule has 1 atom stereocenters. The van der Waals surface area contributed by atoms with Gasteiger partial charge >= 0.3 is 0 Å². The van der Waals surface area contributed by atoms with Crippen LogP contribution >= 0.6 is 15.9 Å². The van der Waals surface area contributed by atoms with Gasteiger partial charge in [-0.3, -0.25) is 9.78 Å². The minimum Gasteiger partial charge on any atom is -0.348 e. The Hall–Kier alpha value is -1.42. The number of hydrogen-bond donors (Lipinski definition) is 1. The van der Waals surface area contributed by atoms with Crippen LogP contribution in [0.25, 0.3) is 10.9 Å². The van der Waals surface area contributed by atoms with Crippen LogP contribution in [-0.4, -0.2) is 22.3 Å². The molecule has 0 fully saturated rings. The normalized spacial score (nSPS) is 12.6. The third kappa shape index (κ3) is 3.13. The number of aromatic nitrogens is 1. The van der Waals surface area contributed by atoms with Crippen molar-refractivity contribution in [2.75, 3.05) is 5.33 Å². The topological polar surface area (TPSA) is 42.0 Å². The van der Waals surface area contributed by atoms with Crippen LogP contribution in [0.5, 0.6) is 0 Å². The zero-order valence-corrected chi connectivity index (χ0v) is 12.6. The van der Waals surface area contributed by atoms with Gasteiger partial charge in [0.2, 0.25) is 0 Å². The predicted molar refractivity (Wildman–Crippen MR) is 81.6 cm³/mol. The van der Waals surface area contributed by atoms with Gasteiger partial charge in [0, 0.05) is 23.0 Å². The highest BCUT2D eigenvalue weighted by molar-refractivity contribution is 9.09. The van der Waals surface area contributed by atoms with E-state index >= 15 is 0 Å². The highest BCUT2D eigenvalue weighted by Gasteiger charge is 2.17. The van der Waals surface area contributed by atoms with Crippen molar-refractivity contribution in [3.05, 3.63) is 42.1 Å².